The molecule has 0 bridgehead atoms. The van der Waals surface area contributed by atoms with Crippen molar-refractivity contribution in [3.8, 4) is 16.9 Å². The van der Waals surface area contributed by atoms with Crippen molar-refractivity contribution in [3.05, 3.63) is 118 Å². The van der Waals surface area contributed by atoms with Crippen molar-refractivity contribution in [2.24, 2.45) is 0 Å². The molecule has 0 fully saturated rings. The molecule has 0 atom stereocenters. The lowest BCUT2D eigenvalue weighted by Gasteiger charge is -2.25. The molecule has 0 unspecified atom stereocenters. The number of hydrogen-bond donors (Lipinski definition) is 0. The monoisotopic (exact) mass is 573 g/mol. The first-order valence-electron chi connectivity index (χ1n) is 9.81. The predicted octanol–water partition coefficient (Wildman–Crippen LogP) is 9.76. The fourth-order valence-corrected chi connectivity index (χ4v) is 3.82. The normalized spacial score (nSPS) is 10.6. The molecule has 0 aromatic heterocycles. The largest absolute Gasteiger partial charge is 0.428 e. The van der Waals surface area contributed by atoms with Gasteiger partial charge in [-0.15, -0.1) is 0 Å². The van der Waals surface area contributed by atoms with Crippen LogP contribution in [0.5, 0.6) is 5.75 Å². The Kier molecular flexibility index (Phi) is 7.20. The van der Waals surface area contributed by atoms with Crippen molar-refractivity contribution < 1.29 is 17.9 Å². The lowest BCUT2D eigenvalue weighted by molar-refractivity contribution is 0.241. The van der Waals surface area contributed by atoms with Gasteiger partial charge in [0.15, 0.2) is 0 Å². The van der Waals surface area contributed by atoms with E-state index in [-0.39, 0.29) is 5.75 Å². The minimum atomic E-state index is -2.49. The molecule has 2 nitrogen and oxygen atoms in total. The van der Waals surface area contributed by atoms with E-state index in [2.05, 4.69) is 41.5 Å². The molecule has 33 heavy (non-hydrogen) atoms. The van der Waals surface area contributed by atoms with E-state index in [4.69, 9.17) is 0 Å². The fourth-order valence-electron chi connectivity index (χ4n) is 3.29. The van der Waals surface area contributed by atoms with Crippen molar-refractivity contribution in [2.45, 2.75) is 0 Å². The minimum absolute atomic E-state index is 0.00248. The highest BCUT2D eigenvalue weighted by Crippen LogP contribution is 2.36. The lowest BCUT2D eigenvalue weighted by Crippen LogP contribution is -2.09. The molecular formula is C26H16Br2F3NO. The summed E-state index contributed by atoms with van der Waals surface area (Å²) in [7, 11) is 0. The molecule has 0 amide bonds. The summed E-state index contributed by atoms with van der Waals surface area (Å²) >= 11 is 6.97. The Morgan fingerprint density at radius 1 is 0.545 bits per heavy atom. The van der Waals surface area contributed by atoms with Gasteiger partial charge < -0.3 is 9.64 Å². The molecule has 4 aromatic carbocycles. The fraction of sp³-hybridized carbons (Fsp3) is 0. The standard InChI is InChI=1S/C26H16Br2F3NO/c27-19-5-11-22(12-6-19)32(23-13-7-20(28)8-14-23)21-9-1-17(2-10-21)18-3-15-24(16-4-18)33-26(31)25(29)30/h1-16H. The van der Waals surface area contributed by atoms with Gasteiger partial charge in [0.2, 0.25) is 0 Å². The molecule has 0 saturated carbocycles. The zero-order valence-corrected chi connectivity index (χ0v) is 20.2. The van der Waals surface area contributed by atoms with Gasteiger partial charge in [-0.2, -0.15) is 13.2 Å². The molecule has 0 aliphatic carbocycles. The topological polar surface area (TPSA) is 12.5 Å². The SMILES string of the molecule is FC(F)=C(F)Oc1ccc(-c2ccc(N(c3ccc(Br)cc3)c3ccc(Br)cc3)cc2)cc1. The molecule has 166 valence electrons. The van der Waals surface area contributed by atoms with Crippen LogP contribution in [0, 0.1) is 0 Å². The predicted molar refractivity (Wildman–Crippen MR) is 133 cm³/mol. The van der Waals surface area contributed by atoms with E-state index in [1.165, 1.54) is 12.1 Å². The summed E-state index contributed by atoms with van der Waals surface area (Å²) in [6, 6.07) is 28.4. The Labute approximate surface area is 206 Å². The third kappa shape index (κ3) is 5.67. The number of nitrogens with zero attached hydrogens (tertiary/aromatic N) is 1. The van der Waals surface area contributed by atoms with Crippen molar-refractivity contribution >= 4 is 48.9 Å². The lowest BCUT2D eigenvalue weighted by atomic mass is 10.0. The molecule has 0 saturated heterocycles. The van der Waals surface area contributed by atoms with Crippen LogP contribution in [-0.4, -0.2) is 0 Å². The van der Waals surface area contributed by atoms with E-state index in [0.29, 0.717) is 0 Å². The summed E-state index contributed by atoms with van der Waals surface area (Å²) in [6.07, 6.45) is -2.49. The molecule has 0 heterocycles. The van der Waals surface area contributed by atoms with Gasteiger partial charge in [0.25, 0.3) is 0 Å². The van der Waals surface area contributed by atoms with Gasteiger partial charge in [-0.05, 0) is 83.9 Å². The quantitative estimate of drug-likeness (QED) is 0.212. The van der Waals surface area contributed by atoms with E-state index in [0.717, 1.165) is 37.1 Å². The number of rotatable bonds is 6. The van der Waals surface area contributed by atoms with Crippen LogP contribution in [0.4, 0.5) is 30.2 Å². The molecule has 0 spiro atoms. The van der Waals surface area contributed by atoms with Crippen LogP contribution in [0.3, 0.4) is 0 Å². The van der Waals surface area contributed by atoms with Crippen molar-refractivity contribution in [1.29, 1.82) is 0 Å². The molecule has 4 aromatic rings. The highest BCUT2D eigenvalue weighted by atomic mass is 79.9. The van der Waals surface area contributed by atoms with Crippen LogP contribution >= 0.6 is 31.9 Å². The van der Waals surface area contributed by atoms with Crippen LogP contribution < -0.4 is 9.64 Å². The smallest absolute Gasteiger partial charge is 0.344 e. The number of halogens is 5. The van der Waals surface area contributed by atoms with E-state index >= 15 is 0 Å². The first kappa shape index (κ1) is 23.1. The van der Waals surface area contributed by atoms with Crippen LogP contribution in [0.1, 0.15) is 0 Å². The number of benzene rings is 4. The van der Waals surface area contributed by atoms with Crippen molar-refractivity contribution in [3.63, 3.8) is 0 Å². The van der Waals surface area contributed by atoms with E-state index in [9.17, 15) is 13.2 Å². The Balaban J connectivity index is 1.63. The summed E-state index contributed by atoms with van der Waals surface area (Å²) in [5.74, 6) is -0.00248. The van der Waals surface area contributed by atoms with Crippen LogP contribution in [0.15, 0.2) is 118 Å². The average Bonchev–Trinajstić information content (AvgIpc) is 2.82. The highest BCUT2D eigenvalue weighted by molar-refractivity contribution is 9.10. The molecule has 0 aliphatic heterocycles. The Hall–Kier alpha value is -3.03. The van der Waals surface area contributed by atoms with Gasteiger partial charge >= 0.3 is 12.1 Å². The van der Waals surface area contributed by atoms with Gasteiger partial charge in [-0.25, -0.2) is 0 Å². The second-order valence-corrected chi connectivity index (χ2v) is 8.83. The van der Waals surface area contributed by atoms with Crippen molar-refractivity contribution in [1.82, 2.24) is 0 Å². The van der Waals surface area contributed by atoms with Crippen LogP contribution in [-0.2, 0) is 0 Å². The van der Waals surface area contributed by atoms with Crippen molar-refractivity contribution in [2.75, 3.05) is 4.90 Å². The number of hydrogen-bond acceptors (Lipinski definition) is 2. The highest BCUT2D eigenvalue weighted by Gasteiger charge is 2.13. The Morgan fingerprint density at radius 3 is 1.30 bits per heavy atom. The molecule has 0 radical (unpaired) electrons. The van der Waals surface area contributed by atoms with Gasteiger partial charge in [0, 0.05) is 26.0 Å². The Morgan fingerprint density at radius 2 is 0.909 bits per heavy atom. The van der Waals surface area contributed by atoms with Gasteiger partial charge in [0.1, 0.15) is 5.75 Å². The van der Waals surface area contributed by atoms with E-state index < -0.39 is 12.1 Å². The maximum atomic E-state index is 13.0. The maximum Gasteiger partial charge on any atom is 0.344 e. The number of ether oxygens (including phenoxy) is 1. The molecular weight excluding hydrogens is 559 g/mol. The van der Waals surface area contributed by atoms with Gasteiger partial charge in [-0.3, -0.25) is 0 Å². The third-order valence-corrected chi connectivity index (χ3v) is 5.90. The molecule has 0 N–H and O–H groups in total. The Bertz CT molecular complexity index is 1210. The zero-order valence-electron chi connectivity index (χ0n) is 17.0. The second-order valence-electron chi connectivity index (χ2n) is 7.00. The number of anilines is 3. The third-order valence-electron chi connectivity index (χ3n) is 4.84. The molecule has 4 rings (SSSR count). The first-order valence-corrected chi connectivity index (χ1v) is 11.4. The minimum Gasteiger partial charge on any atom is -0.428 e. The maximum absolute atomic E-state index is 13.0. The van der Waals surface area contributed by atoms with Gasteiger partial charge in [-0.1, -0.05) is 56.1 Å². The second kappa shape index (κ2) is 10.3. The average molecular weight is 575 g/mol. The summed E-state index contributed by atoms with van der Waals surface area (Å²) in [6.45, 7) is 0. The van der Waals surface area contributed by atoms with E-state index in [1.807, 2.05) is 72.8 Å². The first-order chi connectivity index (χ1) is 15.9. The zero-order chi connectivity index (χ0) is 23.4. The summed E-state index contributed by atoms with van der Waals surface area (Å²) < 4.78 is 43.9. The van der Waals surface area contributed by atoms with E-state index in [1.54, 1.807) is 12.1 Å². The van der Waals surface area contributed by atoms with Crippen LogP contribution in [0.2, 0.25) is 0 Å². The van der Waals surface area contributed by atoms with Crippen LogP contribution in [0.25, 0.3) is 11.1 Å². The summed E-state index contributed by atoms with van der Waals surface area (Å²) in [5.41, 5.74) is 4.74. The molecule has 0 aliphatic rings. The summed E-state index contributed by atoms with van der Waals surface area (Å²) in [4.78, 5) is 2.14. The van der Waals surface area contributed by atoms with Gasteiger partial charge in [0.05, 0.1) is 0 Å². The summed E-state index contributed by atoms with van der Waals surface area (Å²) in [5, 5.41) is 0. The molecule has 7 heteroatoms.